The van der Waals surface area contributed by atoms with Gasteiger partial charge < -0.3 is 10.2 Å². The van der Waals surface area contributed by atoms with Crippen LogP contribution in [-0.2, 0) is 17.4 Å². The smallest absolute Gasteiger partial charge is 0.368 e. The number of nitrogens with one attached hydrogen (secondary N) is 2. The number of aryl methyl sites for hydroxylation is 1. The maximum absolute atomic E-state index is 13.2. The minimum absolute atomic E-state index is 0.256. The van der Waals surface area contributed by atoms with E-state index in [-0.39, 0.29) is 24.1 Å². The zero-order valence-electron chi connectivity index (χ0n) is 30.5. The lowest BCUT2D eigenvalue weighted by atomic mass is 9.85. The second-order valence-electron chi connectivity index (χ2n) is 14.6. The number of nitrogens with zero attached hydrogens (tertiary/aromatic N) is 7. The van der Waals surface area contributed by atoms with E-state index in [2.05, 4.69) is 36.5 Å². The topological polar surface area (TPSA) is 129 Å². The highest BCUT2D eigenvalue weighted by molar-refractivity contribution is 6.11. The van der Waals surface area contributed by atoms with Gasteiger partial charge in [0.15, 0.2) is 0 Å². The molecule has 55 heavy (non-hydrogen) atoms. The van der Waals surface area contributed by atoms with Gasteiger partial charge in [-0.05, 0) is 73.9 Å². The molecule has 1 saturated carbocycles. The number of aromatic nitrogens is 4. The van der Waals surface area contributed by atoms with Crippen molar-refractivity contribution in [1.29, 1.82) is 0 Å². The third-order valence-electron chi connectivity index (χ3n) is 11.2. The van der Waals surface area contributed by atoms with Gasteiger partial charge >= 0.3 is 12.2 Å². The number of urea groups is 1. The number of imide groups is 1. The Morgan fingerprint density at radius 3 is 2.45 bits per heavy atom. The summed E-state index contributed by atoms with van der Waals surface area (Å²) in [5.74, 6) is -0.366. The summed E-state index contributed by atoms with van der Waals surface area (Å²) in [4.78, 5) is 51.8. The lowest BCUT2D eigenvalue weighted by molar-refractivity contribution is -0.141. The Morgan fingerprint density at radius 1 is 0.927 bits per heavy atom. The Morgan fingerprint density at radius 2 is 1.71 bits per heavy atom. The number of carbonyl (C=O) groups excluding carboxylic acids is 3. The van der Waals surface area contributed by atoms with Gasteiger partial charge in [0.05, 0.1) is 23.4 Å². The van der Waals surface area contributed by atoms with E-state index in [0.717, 1.165) is 97.4 Å². The van der Waals surface area contributed by atoms with E-state index in [1.54, 1.807) is 11.1 Å². The van der Waals surface area contributed by atoms with Crippen LogP contribution in [-0.4, -0.2) is 81.8 Å². The number of halogens is 3. The fraction of sp³-hybridized carbons (Fsp3) is 0.400. The maximum Gasteiger partial charge on any atom is 0.433 e. The monoisotopic (exact) mass is 753 g/mol. The number of hydrogen-bond acceptors (Lipinski definition) is 8. The number of piperazine rings is 1. The van der Waals surface area contributed by atoms with Gasteiger partial charge in [0.25, 0.3) is 5.91 Å². The quantitative estimate of drug-likeness (QED) is 0.177. The van der Waals surface area contributed by atoms with Crippen molar-refractivity contribution < 1.29 is 27.6 Å². The van der Waals surface area contributed by atoms with Gasteiger partial charge in [0, 0.05) is 85.6 Å². The standard InChI is InChI=1S/C40H42F3N9O3/c1-2-26-19-33-27(20-32(26)46-38(54)31-6-4-8-36(45-31)40(41,42)43)24-52(48-33)28-11-9-25(10-12-28)23-49-15-17-50(18-16-49)34-7-3-5-29-30(34)21-44-22-35(29)51-14-13-37(53)47-39(51)55/h3-8,19-22,24-25,28H,2,9-18,23H2,1H3,(H,46,54)(H,47,53,55)/t25-,28-. The van der Waals surface area contributed by atoms with Crippen LogP contribution in [0.3, 0.4) is 0 Å². The van der Waals surface area contributed by atoms with E-state index >= 15 is 0 Å². The summed E-state index contributed by atoms with van der Waals surface area (Å²) in [5, 5.41) is 12.9. The molecule has 0 unspecified atom stereocenters. The molecule has 4 amide bonds. The first-order chi connectivity index (χ1) is 26.5. The molecule has 0 bridgehead atoms. The number of amides is 4. The van der Waals surface area contributed by atoms with Gasteiger partial charge in [-0.25, -0.2) is 9.78 Å². The Labute approximate surface area is 315 Å². The molecule has 3 aliphatic rings. The number of benzene rings is 2. The number of pyridine rings is 2. The van der Waals surface area contributed by atoms with Crippen LogP contribution in [0.25, 0.3) is 21.7 Å². The Bertz CT molecular complexity index is 2260. The van der Waals surface area contributed by atoms with Gasteiger partial charge in [0.1, 0.15) is 11.4 Å². The number of rotatable bonds is 8. The molecule has 0 atom stereocenters. The molecule has 2 aliphatic heterocycles. The highest BCUT2D eigenvalue weighted by Crippen LogP contribution is 2.36. The van der Waals surface area contributed by atoms with E-state index in [9.17, 15) is 27.6 Å². The van der Waals surface area contributed by atoms with Crippen LogP contribution in [0.4, 0.5) is 35.0 Å². The van der Waals surface area contributed by atoms with Crippen molar-refractivity contribution >= 4 is 56.6 Å². The first kappa shape index (κ1) is 36.4. The summed E-state index contributed by atoms with van der Waals surface area (Å²) in [6.07, 6.45) is 6.00. The summed E-state index contributed by atoms with van der Waals surface area (Å²) >= 11 is 0. The summed E-state index contributed by atoms with van der Waals surface area (Å²) in [7, 11) is 0. The molecule has 286 valence electrons. The highest BCUT2D eigenvalue weighted by Gasteiger charge is 2.33. The predicted molar refractivity (Wildman–Crippen MR) is 203 cm³/mol. The lowest BCUT2D eigenvalue weighted by Crippen LogP contribution is -2.49. The molecule has 1 aliphatic carbocycles. The second kappa shape index (κ2) is 14.9. The average Bonchev–Trinajstić information content (AvgIpc) is 3.60. The number of alkyl halides is 3. The van der Waals surface area contributed by atoms with Crippen molar-refractivity contribution in [3.8, 4) is 0 Å². The number of anilines is 3. The third-order valence-corrected chi connectivity index (χ3v) is 11.2. The van der Waals surface area contributed by atoms with Crippen molar-refractivity contribution in [2.75, 3.05) is 54.4 Å². The molecule has 8 rings (SSSR count). The molecular formula is C40H42F3N9O3. The lowest BCUT2D eigenvalue weighted by Gasteiger charge is -2.39. The average molecular weight is 754 g/mol. The highest BCUT2D eigenvalue weighted by atomic mass is 19.4. The Hall–Kier alpha value is -5.57. The van der Waals surface area contributed by atoms with E-state index in [4.69, 9.17) is 5.10 Å². The van der Waals surface area contributed by atoms with Gasteiger partial charge in [-0.15, -0.1) is 0 Å². The molecule has 3 fully saturated rings. The van der Waals surface area contributed by atoms with Gasteiger partial charge in [-0.1, -0.05) is 25.1 Å². The fourth-order valence-electron chi connectivity index (χ4n) is 8.21. The first-order valence-corrected chi connectivity index (χ1v) is 18.9. The van der Waals surface area contributed by atoms with Crippen molar-refractivity contribution in [2.45, 2.75) is 57.7 Å². The SMILES string of the molecule is CCc1cc2nn([C@H]3CC[C@H](CN4CCN(c5cccc6c(N7CCC(=O)NC7=O)cncc56)CC4)CC3)cc2cc1NC(=O)c1cccc(C(F)(F)F)n1. The molecule has 12 nitrogen and oxygen atoms in total. The molecule has 15 heteroatoms. The van der Waals surface area contributed by atoms with Gasteiger partial charge in [-0.3, -0.25) is 34.4 Å². The normalized spacial score (nSPS) is 19.9. The predicted octanol–water partition coefficient (Wildman–Crippen LogP) is 6.81. The van der Waals surface area contributed by atoms with Crippen LogP contribution < -0.4 is 20.4 Å². The van der Waals surface area contributed by atoms with Crippen LogP contribution in [0.15, 0.2) is 67.1 Å². The second-order valence-corrected chi connectivity index (χ2v) is 14.6. The fourth-order valence-corrected chi connectivity index (χ4v) is 8.21. The maximum atomic E-state index is 13.2. The van der Waals surface area contributed by atoms with Crippen molar-refractivity contribution in [1.82, 2.24) is 30.0 Å². The number of fused-ring (bicyclic) bond motifs is 2. The number of carbonyl (C=O) groups is 3. The van der Waals surface area contributed by atoms with Gasteiger partial charge in [-0.2, -0.15) is 18.3 Å². The van der Waals surface area contributed by atoms with Crippen molar-refractivity contribution in [3.63, 3.8) is 0 Å². The van der Waals surface area contributed by atoms with Crippen LogP contribution in [0, 0.1) is 5.92 Å². The molecule has 5 aromatic rings. The molecule has 0 spiro atoms. The third kappa shape index (κ3) is 7.57. The molecular weight excluding hydrogens is 711 g/mol. The van der Waals surface area contributed by atoms with E-state index < -0.39 is 23.8 Å². The largest absolute Gasteiger partial charge is 0.433 e. The van der Waals surface area contributed by atoms with E-state index in [1.807, 2.05) is 48.3 Å². The Kier molecular flexibility index (Phi) is 9.88. The van der Waals surface area contributed by atoms with Crippen LogP contribution in [0.1, 0.15) is 66.8 Å². The Balaban J connectivity index is 0.867. The van der Waals surface area contributed by atoms with E-state index in [1.165, 1.54) is 12.1 Å². The summed E-state index contributed by atoms with van der Waals surface area (Å²) in [5.41, 5.74) is 2.59. The minimum atomic E-state index is -4.64. The van der Waals surface area contributed by atoms with Crippen LogP contribution in [0.5, 0.6) is 0 Å². The summed E-state index contributed by atoms with van der Waals surface area (Å²) in [6, 6.07) is 13.1. The summed E-state index contributed by atoms with van der Waals surface area (Å²) < 4.78 is 41.6. The molecule has 0 radical (unpaired) electrons. The van der Waals surface area contributed by atoms with Crippen LogP contribution in [0.2, 0.25) is 0 Å². The molecule has 2 aromatic carbocycles. The molecule has 3 aromatic heterocycles. The zero-order chi connectivity index (χ0) is 38.3. The van der Waals surface area contributed by atoms with Gasteiger partial charge in [0.2, 0.25) is 5.91 Å². The molecule has 2 N–H and O–H groups in total. The summed E-state index contributed by atoms with van der Waals surface area (Å²) in [6.45, 7) is 7.01. The minimum Gasteiger partial charge on any atom is -0.368 e. The zero-order valence-corrected chi connectivity index (χ0v) is 30.5. The number of hydrogen-bond donors (Lipinski definition) is 2. The van der Waals surface area contributed by atoms with E-state index in [0.29, 0.717) is 30.3 Å². The van der Waals surface area contributed by atoms with Crippen molar-refractivity contribution in [2.24, 2.45) is 5.92 Å². The van der Waals surface area contributed by atoms with Crippen LogP contribution >= 0.6 is 0 Å². The first-order valence-electron chi connectivity index (χ1n) is 18.9. The molecule has 5 heterocycles. The van der Waals surface area contributed by atoms with Crippen molar-refractivity contribution in [3.05, 3.63) is 84.1 Å². The molecule has 2 saturated heterocycles.